The number of phenolic OH excluding ortho intramolecular Hbond substituents is 1. The Labute approximate surface area is 151 Å². The van der Waals surface area contributed by atoms with Crippen LogP contribution >= 0.6 is 0 Å². The van der Waals surface area contributed by atoms with E-state index in [1.165, 1.54) is 29.4 Å². The highest BCUT2D eigenvalue weighted by Crippen LogP contribution is 2.39. The van der Waals surface area contributed by atoms with E-state index in [2.05, 4.69) is 6.92 Å². The van der Waals surface area contributed by atoms with Crippen molar-refractivity contribution in [1.82, 2.24) is 4.90 Å². The highest BCUT2D eigenvalue weighted by atomic mass is 16.3. The zero-order valence-corrected chi connectivity index (χ0v) is 14.5. The summed E-state index contributed by atoms with van der Waals surface area (Å²) in [5.41, 5.74) is 0.652. The molecule has 1 aromatic carbocycles. The first-order valence-electron chi connectivity index (χ1n) is 8.65. The van der Waals surface area contributed by atoms with Gasteiger partial charge in [-0.1, -0.05) is 31.9 Å². The average molecular weight is 355 g/mol. The van der Waals surface area contributed by atoms with Gasteiger partial charge in [-0.3, -0.25) is 9.59 Å². The highest BCUT2D eigenvalue weighted by molar-refractivity contribution is 6.15. The van der Waals surface area contributed by atoms with Crippen LogP contribution in [0.4, 0.5) is 0 Å². The van der Waals surface area contributed by atoms with Crippen molar-refractivity contribution in [2.24, 2.45) is 0 Å². The first-order chi connectivity index (χ1) is 12.5. The van der Waals surface area contributed by atoms with Crippen molar-refractivity contribution in [3.8, 4) is 5.75 Å². The summed E-state index contributed by atoms with van der Waals surface area (Å²) in [4.78, 5) is 27.0. The van der Waals surface area contributed by atoms with E-state index in [1.807, 2.05) is 0 Å². The second kappa shape index (κ2) is 7.47. The lowest BCUT2D eigenvalue weighted by Crippen LogP contribution is -2.32. The van der Waals surface area contributed by atoms with Crippen LogP contribution in [0, 0.1) is 0 Å². The average Bonchev–Trinajstić information content (AvgIpc) is 3.25. The van der Waals surface area contributed by atoms with Crippen LogP contribution in [-0.4, -0.2) is 33.3 Å². The van der Waals surface area contributed by atoms with Crippen molar-refractivity contribution in [2.45, 2.75) is 32.2 Å². The fraction of sp³-hybridized carbons (Fsp3) is 0.300. The fourth-order valence-electron chi connectivity index (χ4n) is 3.19. The molecule has 1 aliphatic rings. The van der Waals surface area contributed by atoms with Gasteiger partial charge in [0.2, 0.25) is 5.78 Å². The van der Waals surface area contributed by atoms with Crippen molar-refractivity contribution in [3.05, 3.63) is 65.3 Å². The molecule has 0 aliphatic carbocycles. The number of aromatic hydroxyl groups is 1. The molecule has 1 aromatic heterocycles. The molecule has 1 amide bonds. The van der Waals surface area contributed by atoms with Crippen molar-refractivity contribution in [3.63, 3.8) is 0 Å². The van der Waals surface area contributed by atoms with Crippen LogP contribution < -0.4 is 0 Å². The Hall–Kier alpha value is -3.02. The molecule has 0 fully saturated rings. The summed E-state index contributed by atoms with van der Waals surface area (Å²) >= 11 is 0. The van der Waals surface area contributed by atoms with Gasteiger partial charge in [0.05, 0.1) is 17.9 Å². The maximum Gasteiger partial charge on any atom is 0.290 e. The summed E-state index contributed by atoms with van der Waals surface area (Å²) in [6, 6.07) is 8.65. The standard InChI is InChI=1S/C20H21NO5/c1-2-3-4-11-21-17(13-7-9-14(22)10-8-13)16(19(24)20(21)25)18(23)15-6-5-12-26-15/h5-10,12,17,22,24H,2-4,11H2,1H3. The molecule has 2 heterocycles. The highest BCUT2D eigenvalue weighted by Gasteiger charge is 2.44. The van der Waals surface area contributed by atoms with Crippen LogP contribution in [0.5, 0.6) is 5.75 Å². The molecule has 0 saturated heterocycles. The number of phenols is 1. The molecule has 6 heteroatoms. The third kappa shape index (κ3) is 3.22. The number of nitrogens with zero attached hydrogens (tertiary/aromatic N) is 1. The van der Waals surface area contributed by atoms with Gasteiger partial charge in [-0.05, 0) is 36.2 Å². The number of furan rings is 1. The van der Waals surface area contributed by atoms with Gasteiger partial charge in [0.1, 0.15) is 5.75 Å². The van der Waals surface area contributed by atoms with E-state index in [4.69, 9.17) is 4.42 Å². The molecule has 3 rings (SSSR count). The minimum Gasteiger partial charge on any atom is -0.508 e. The van der Waals surface area contributed by atoms with Gasteiger partial charge in [0.25, 0.3) is 5.91 Å². The lowest BCUT2D eigenvalue weighted by atomic mass is 9.95. The predicted molar refractivity (Wildman–Crippen MR) is 94.8 cm³/mol. The molecule has 1 atom stereocenters. The Morgan fingerprint density at radius 1 is 1.15 bits per heavy atom. The maximum atomic E-state index is 12.9. The van der Waals surface area contributed by atoms with Gasteiger partial charge in [0, 0.05) is 6.54 Å². The van der Waals surface area contributed by atoms with E-state index in [9.17, 15) is 19.8 Å². The molecule has 6 nitrogen and oxygen atoms in total. The Morgan fingerprint density at radius 2 is 1.88 bits per heavy atom. The Balaban J connectivity index is 2.02. The van der Waals surface area contributed by atoms with E-state index in [-0.39, 0.29) is 17.1 Å². The summed E-state index contributed by atoms with van der Waals surface area (Å²) in [7, 11) is 0. The Bertz CT molecular complexity index is 820. The topological polar surface area (TPSA) is 91.0 Å². The van der Waals surface area contributed by atoms with Gasteiger partial charge in [-0.25, -0.2) is 0 Å². The van der Waals surface area contributed by atoms with E-state index in [0.29, 0.717) is 12.1 Å². The third-order valence-corrected chi connectivity index (χ3v) is 4.50. The molecule has 136 valence electrons. The summed E-state index contributed by atoms with van der Waals surface area (Å²) in [5.74, 6) is -1.46. The number of hydrogen-bond donors (Lipinski definition) is 2. The number of amides is 1. The number of carbonyl (C=O) groups excluding carboxylic acids is 2. The molecule has 2 aromatic rings. The number of hydrogen-bond acceptors (Lipinski definition) is 5. The van der Waals surface area contributed by atoms with Gasteiger partial charge >= 0.3 is 0 Å². The monoisotopic (exact) mass is 355 g/mol. The second-order valence-electron chi connectivity index (χ2n) is 6.27. The van der Waals surface area contributed by atoms with Crippen molar-refractivity contribution in [1.29, 1.82) is 0 Å². The number of ketones is 1. The van der Waals surface area contributed by atoms with E-state index >= 15 is 0 Å². The number of unbranched alkanes of at least 4 members (excludes halogenated alkanes) is 2. The van der Waals surface area contributed by atoms with Gasteiger partial charge in [-0.2, -0.15) is 0 Å². The van der Waals surface area contributed by atoms with Gasteiger partial charge < -0.3 is 19.5 Å². The minimum atomic E-state index is -0.711. The molecule has 0 spiro atoms. The van der Waals surface area contributed by atoms with Crippen LogP contribution in [-0.2, 0) is 4.79 Å². The third-order valence-electron chi connectivity index (χ3n) is 4.50. The SMILES string of the molecule is CCCCCN1C(=O)C(O)=C(C(=O)c2ccco2)C1c1ccc(O)cc1. The summed E-state index contributed by atoms with van der Waals surface area (Å²) in [5, 5.41) is 20.0. The number of Topliss-reactive ketones (excluding diaryl/α,β-unsaturated/α-hetero) is 1. The maximum absolute atomic E-state index is 12.9. The van der Waals surface area contributed by atoms with Crippen LogP contribution in [0.2, 0.25) is 0 Å². The first kappa shape index (κ1) is 17.8. The normalized spacial score (nSPS) is 17.2. The number of aliphatic hydroxyl groups excluding tert-OH is 1. The van der Waals surface area contributed by atoms with Gasteiger partial charge in [0.15, 0.2) is 11.5 Å². The van der Waals surface area contributed by atoms with Crippen molar-refractivity contribution >= 4 is 11.7 Å². The zero-order valence-electron chi connectivity index (χ0n) is 14.5. The smallest absolute Gasteiger partial charge is 0.290 e. The number of aliphatic hydroxyl groups is 1. The predicted octanol–water partition coefficient (Wildman–Crippen LogP) is 3.75. The van der Waals surface area contributed by atoms with E-state index < -0.39 is 23.5 Å². The lowest BCUT2D eigenvalue weighted by Gasteiger charge is -2.26. The number of carbonyl (C=O) groups is 2. The van der Waals surface area contributed by atoms with E-state index in [0.717, 1.165) is 19.3 Å². The number of rotatable bonds is 7. The van der Waals surface area contributed by atoms with E-state index in [1.54, 1.807) is 18.2 Å². The molecule has 1 unspecified atom stereocenters. The van der Waals surface area contributed by atoms with Crippen LogP contribution in [0.15, 0.2) is 58.4 Å². The lowest BCUT2D eigenvalue weighted by molar-refractivity contribution is -0.129. The quantitative estimate of drug-likeness (QED) is 0.583. The molecule has 2 N–H and O–H groups in total. The summed E-state index contributed by atoms with van der Waals surface area (Å²) in [6.07, 6.45) is 4.07. The van der Waals surface area contributed by atoms with Crippen LogP contribution in [0.3, 0.4) is 0 Å². The molecule has 26 heavy (non-hydrogen) atoms. The van der Waals surface area contributed by atoms with Crippen LogP contribution in [0.25, 0.3) is 0 Å². The Morgan fingerprint density at radius 3 is 2.50 bits per heavy atom. The molecule has 0 saturated carbocycles. The van der Waals surface area contributed by atoms with Crippen LogP contribution in [0.1, 0.15) is 48.3 Å². The zero-order chi connectivity index (χ0) is 18.7. The molecular weight excluding hydrogens is 334 g/mol. The van der Waals surface area contributed by atoms with Gasteiger partial charge in [-0.15, -0.1) is 0 Å². The second-order valence-corrected chi connectivity index (χ2v) is 6.27. The van der Waals surface area contributed by atoms with Crippen molar-refractivity contribution in [2.75, 3.05) is 6.54 Å². The fourth-order valence-corrected chi connectivity index (χ4v) is 3.19. The van der Waals surface area contributed by atoms with Crippen molar-refractivity contribution < 1.29 is 24.2 Å². The first-order valence-corrected chi connectivity index (χ1v) is 8.65. The molecular formula is C20H21NO5. The molecule has 0 bridgehead atoms. The Kier molecular flexibility index (Phi) is 5.11. The summed E-state index contributed by atoms with van der Waals surface area (Å²) in [6.45, 7) is 2.49. The summed E-state index contributed by atoms with van der Waals surface area (Å²) < 4.78 is 5.16. The largest absolute Gasteiger partial charge is 0.508 e. The minimum absolute atomic E-state index is 0.00661. The molecule has 0 radical (unpaired) electrons. The number of benzene rings is 1. The molecule has 1 aliphatic heterocycles.